The lowest BCUT2D eigenvalue weighted by Gasteiger charge is -2.18. The number of rotatable bonds is 4. The van der Waals surface area contributed by atoms with Gasteiger partial charge in [-0.05, 0) is 36.3 Å². The van der Waals surface area contributed by atoms with E-state index in [9.17, 15) is 4.79 Å². The number of nitrogens with zero attached hydrogens (tertiary/aromatic N) is 1. The van der Waals surface area contributed by atoms with Crippen LogP contribution in [0.3, 0.4) is 0 Å². The second kappa shape index (κ2) is 4.69. The maximum Gasteiger partial charge on any atom is 0.258 e. The van der Waals surface area contributed by atoms with Crippen molar-refractivity contribution >= 4 is 22.4 Å². The van der Waals surface area contributed by atoms with Crippen molar-refractivity contribution in [3.63, 3.8) is 0 Å². The molecule has 0 saturated carbocycles. The summed E-state index contributed by atoms with van der Waals surface area (Å²) in [5.74, 6) is 0.853. The molecule has 0 aliphatic carbocycles. The van der Waals surface area contributed by atoms with Gasteiger partial charge in [0.1, 0.15) is 0 Å². The fraction of sp³-hybridized carbons (Fsp3) is 0.353. The Morgan fingerprint density at radius 3 is 2.58 bits per heavy atom. The van der Waals surface area contributed by atoms with Gasteiger partial charge in [-0.25, -0.2) is 0 Å². The smallest absolute Gasteiger partial charge is 0.258 e. The lowest BCUT2D eigenvalue weighted by atomic mass is 10.1. The van der Waals surface area contributed by atoms with Gasteiger partial charge in [-0.1, -0.05) is 38.1 Å². The summed E-state index contributed by atoms with van der Waals surface area (Å²) in [6.45, 7) is 5.27. The first kappa shape index (κ1) is 12.2. The van der Waals surface area contributed by atoms with Gasteiger partial charge in [0.15, 0.2) is 0 Å². The zero-order valence-electron chi connectivity index (χ0n) is 11.5. The standard InChI is InChI=1S/C17H19NO/c1-12(2)6-5-11-18-15-10-4-8-13-7-3-9-14(16(13)15)17(18)19/h3-4,7-10,12H,5-6,11H2,1-2H3. The quantitative estimate of drug-likeness (QED) is 0.798. The SMILES string of the molecule is CC(C)CCCN1C(=O)c2cccc3cccc1c23. The summed E-state index contributed by atoms with van der Waals surface area (Å²) in [7, 11) is 0. The third-order valence-corrected chi connectivity index (χ3v) is 3.81. The van der Waals surface area contributed by atoms with Crippen molar-refractivity contribution in [1.82, 2.24) is 0 Å². The monoisotopic (exact) mass is 253 g/mol. The molecule has 3 rings (SSSR count). The van der Waals surface area contributed by atoms with Crippen molar-refractivity contribution in [3.8, 4) is 0 Å². The summed E-state index contributed by atoms with van der Waals surface area (Å²) < 4.78 is 0. The topological polar surface area (TPSA) is 20.3 Å². The van der Waals surface area contributed by atoms with Gasteiger partial charge in [-0.2, -0.15) is 0 Å². The minimum absolute atomic E-state index is 0.163. The fourth-order valence-electron chi connectivity index (χ4n) is 2.86. The molecule has 1 aliphatic heterocycles. The van der Waals surface area contributed by atoms with Crippen molar-refractivity contribution in [2.75, 3.05) is 11.4 Å². The van der Waals surface area contributed by atoms with Gasteiger partial charge in [-0.3, -0.25) is 4.79 Å². The first-order chi connectivity index (χ1) is 9.18. The Labute approximate surface area is 114 Å². The van der Waals surface area contributed by atoms with E-state index in [1.54, 1.807) is 0 Å². The van der Waals surface area contributed by atoms with Crippen LogP contribution in [-0.4, -0.2) is 12.5 Å². The van der Waals surface area contributed by atoms with Gasteiger partial charge in [0.05, 0.1) is 5.69 Å². The molecule has 1 amide bonds. The minimum Gasteiger partial charge on any atom is -0.308 e. The number of carbonyl (C=O) groups is 1. The summed E-state index contributed by atoms with van der Waals surface area (Å²) >= 11 is 0. The average Bonchev–Trinajstić information content (AvgIpc) is 2.67. The van der Waals surface area contributed by atoms with E-state index in [1.807, 2.05) is 23.1 Å². The third kappa shape index (κ3) is 2.01. The number of hydrogen-bond acceptors (Lipinski definition) is 1. The Kier molecular flexibility index (Phi) is 3.02. The first-order valence-corrected chi connectivity index (χ1v) is 7.02. The highest BCUT2D eigenvalue weighted by Gasteiger charge is 2.28. The van der Waals surface area contributed by atoms with Crippen LogP contribution in [0, 0.1) is 5.92 Å². The van der Waals surface area contributed by atoms with E-state index >= 15 is 0 Å². The van der Waals surface area contributed by atoms with Gasteiger partial charge in [0.25, 0.3) is 5.91 Å². The molecule has 2 aromatic carbocycles. The number of hydrogen-bond donors (Lipinski definition) is 0. The molecule has 0 aromatic heterocycles. The van der Waals surface area contributed by atoms with E-state index in [0.29, 0.717) is 5.92 Å². The molecule has 98 valence electrons. The first-order valence-electron chi connectivity index (χ1n) is 7.02. The summed E-state index contributed by atoms with van der Waals surface area (Å²) in [4.78, 5) is 14.4. The molecule has 1 heterocycles. The summed E-state index contributed by atoms with van der Waals surface area (Å²) in [6.07, 6.45) is 2.23. The van der Waals surface area contributed by atoms with Crippen LogP contribution < -0.4 is 4.90 Å². The van der Waals surface area contributed by atoms with Crippen LogP contribution in [0.4, 0.5) is 5.69 Å². The van der Waals surface area contributed by atoms with E-state index in [0.717, 1.165) is 41.4 Å². The molecule has 0 atom stereocenters. The molecule has 0 saturated heterocycles. The fourth-order valence-corrected chi connectivity index (χ4v) is 2.86. The van der Waals surface area contributed by atoms with Gasteiger partial charge >= 0.3 is 0 Å². The summed E-state index contributed by atoms with van der Waals surface area (Å²) in [6, 6.07) is 12.2. The lowest BCUT2D eigenvalue weighted by molar-refractivity contribution is 0.0992. The van der Waals surface area contributed by atoms with Gasteiger partial charge in [0.2, 0.25) is 0 Å². The van der Waals surface area contributed by atoms with Crippen molar-refractivity contribution in [2.45, 2.75) is 26.7 Å². The molecule has 0 N–H and O–H groups in total. The molecule has 2 heteroatoms. The van der Waals surface area contributed by atoms with Gasteiger partial charge in [0, 0.05) is 17.5 Å². The van der Waals surface area contributed by atoms with E-state index in [4.69, 9.17) is 0 Å². The maximum absolute atomic E-state index is 12.5. The zero-order chi connectivity index (χ0) is 13.4. The third-order valence-electron chi connectivity index (χ3n) is 3.81. The highest BCUT2D eigenvalue weighted by Crippen LogP contribution is 2.37. The van der Waals surface area contributed by atoms with E-state index in [2.05, 4.69) is 32.0 Å². The Hall–Kier alpha value is -1.83. The second-order valence-corrected chi connectivity index (χ2v) is 5.67. The number of anilines is 1. The van der Waals surface area contributed by atoms with Crippen LogP contribution >= 0.6 is 0 Å². The van der Waals surface area contributed by atoms with Gasteiger partial charge in [-0.15, -0.1) is 0 Å². The maximum atomic E-state index is 12.5. The van der Waals surface area contributed by atoms with Crippen LogP contribution in [0.2, 0.25) is 0 Å². The molecule has 1 aliphatic rings. The normalized spacial score (nSPS) is 13.8. The summed E-state index contributed by atoms with van der Waals surface area (Å²) in [5.41, 5.74) is 1.94. The molecule has 2 nitrogen and oxygen atoms in total. The van der Waals surface area contributed by atoms with Crippen molar-refractivity contribution in [3.05, 3.63) is 42.0 Å². The largest absolute Gasteiger partial charge is 0.308 e. The molecular formula is C17H19NO. The summed E-state index contributed by atoms with van der Waals surface area (Å²) in [5, 5.41) is 2.29. The Morgan fingerprint density at radius 2 is 1.84 bits per heavy atom. The molecule has 0 spiro atoms. The highest BCUT2D eigenvalue weighted by molar-refractivity contribution is 6.24. The Balaban J connectivity index is 1.94. The number of amides is 1. The van der Waals surface area contributed by atoms with E-state index in [1.165, 1.54) is 0 Å². The van der Waals surface area contributed by atoms with Crippen LogP contribution in [0.1, 0.15) is 37.0 Å². The molecule has 0 bridgehead atoms. The molecule has 0 unspecified atom stereocenters. The number of benzene rings is 2. The predicted octanol–water partition coefficient (Wildman–Crippen LogP) is 4.24. The van der Waals surface area contributed by atoms with Crippen molar-refractivity contribution in [1.29, 1.82) is 0 Å². The molecule has 19 heavy (non-hydrogen) atoms. The lowest BCUT2D eigenvalue weighted by Crippen LogP contribution is -2.27. The number of carbonyl (C=O) groups excluding carboxylic acids is 1. The van der Waals surface area contributed by atoms with Crippen molar-refractivity contribution in [2.24, 2.45) is 5.92 Å². The van der Waals surface area contributed by atoms with Crippen LogP contribution in [0.15, 0.2) is 36.4 Å². The second-order valence-electron chi connectivity index (χ2n) is 5.67. The zero-order valence-corrected chi connectivity index (χ0v) is 11.5. The Morgan fingerprint density at radius 1 is 1.11 bits per heavy atom. The Bertz CT molecular complexity index is 625. The average molecular weight is 253 g/mol. The van der Waals surface area contributed by atoms with Crippen LogP contribution in [0.25, 0.3) is 10.8 Å². The molecule has 0 radical (unpaired) electrons. The minimum atomic E-state index is 0.163. The van der Waals surface area contributed by atoms with Gasteiger partial charge < -0.3 is 4.90 Å². The van der Waals surface area contributed by atoms with E-state index < -0.39 is 0 Å². The van der Waals surface area contributed by atoms with Crippen LogP contribution in [-0.2, 0) is 0 Å². The molecular weight excluding hydrogens is 234 g/mol. The molecule has 0 fully saturated rings. The van der Waals surface area contributed by atoms with Crippen molar-refractivity contribution < 1.29 is 4.79 Å². The van der Waals surface area contributed by atoms with Crippen LogP contribution in [0.5, 0.6) is 0 Å². The highest BCUT2D eigenvalue weighted by atomic mass is 16.2. The van der Waals surface area contributed by atoms with E-state index in [-0.39, 0.29) is 5.91 Å². The molecule has 2 aromatic rings. The predicted molar refractivity (Wildman–Crippen MR) is 79.7 cm³/mol.